The van der Waals surface area contributed by atoms with Crippen LogP contribution >= 0.6 is 0 Å². The van der Waals surface area contributed by atoms with Crippen LogP contribution in [-0.4, -0.2) is 28.9 Å². The molecule has 0 amide bonds. The van der Waals surface area contributed by atoms with Gasteiger partial charge in [-0.1, -0.05) is 19.3 Å². The van der Waals surface area contributed by atoms with Crippen LogP contribution in [0.1, 0.15) is 49.4 Å². The van der Waals surface area contributed by atoms with Gasteiger partial charge in [-0.05, 0) is 19.8 Å². The van der Waals surface area contributed by atoms with E-state index in [1.807, 2.05) is 4.57 Å². The standard InChI is InChI=1S/C15H21NO4/c1-2-20-14(19)12-10-16(9-6-13(12)18)15(11-17)7-4-3-5-8-15/h6,9-10,17H,2-5,7-8,11H2,1H3. The van der Waals surface area contributed by atoms with Crippen LogP contribution in [0.4, 0.5) is 0 Å². The summed E-state index contributed by atoms with van der Waals surface area (Å²) in [5.41, 5.74) is -0.705. The zero-order valence-corrected chi connectivity index (χ0v) is 11.8. The van der Waals surface area contributed by atoms with E-state index in [0.717, 1.165) is 32.1 Å². The van der Waals surface area contributed by atoms with Gasteiger partial charge in [-0.15, -0.1) is 0 Å². The Hall–Kier alpha value is -1.62. The summed E-state index contributed by atoms with van der Waals surface area (Å²) in [5.74, 6) is -0.601. The zero-order chi connectivity index (χ0) is 14.6. The molecular weight excluding hydrogens is 258 g/mol. The summed E-state index contributed by atoms with van der Waals surface area (Å²) in [6.45, 7) is 1.95. The fourth-order valence-electron chi connectivity index (χ4n) is 2.85. The molecule has 0 unspecified atom stereocenters. The molecule has 1 aromatic rings. The van der Waals surface area contributed by atoms with E-state index in [1.165, 1.54) is 12.3 Å². The molecule has 1 fully saturated rings. The molecule has 0 bridgehead atoms. The first-order valence-electron chi connectivity index (χ1n) is 7.14. The second-order valence-corrected chi connectivity index (χ2v) is 5.29. The minimum Gasteiger partial charge on any atom is -0.462 e. The third-order valence-corrected chi connectivity index (χ3v) is 4.04. The molecule has 1 N–H and O–H groups in total. The normalized spacial score (nSPS) is 17.7. The first-order valence-corrected chi connectivity index (χ1v) is 7.14. The molecule has 1 aliphatic carbocycles. The summed E-state index contributed by atoms with van der Waals surface area (Å²) in [6.07, 6.45) is 8.15. The minimum atomic E-state index is -0.601. The van der Waals surface area contributed by atoms with Crippen molar-refractivity contribution in [3.63, 3.8) is 0 Å². The van der Waals surface area contributed by atoms with E-state index in [2.05, 4.69) is 0 Å². The smallest absolute Gasteiger partial charge is 0.343 e. The number of nitrogens with zero attached hydrogens (tertiary/aromatic N) is 1. The van der Waals surface area contributed by atoms with Crippen molar-refractivity contribution in [3.05, 3.63) is 34.2 Å². The van der Waals surface area contributed by atoms with Gasteiger partial charge in [0.25, 0.3) is 0 Å². The number of aliphatic hydroxyl groups excluding tert-OH is 1. The number of rotatable bonds is 4. The van der Waals surface area contributed by atoms with Crippen molar-refractivity contribution in [2.75, 3.05) is 13.2 Å². The maximum absolute atomic E-state index is 11.8. The Kier molecular flexibility index (Phi) is 4.60. The van der Waals surface area contributed by atoms with Crippen molar-refractivity contribution < 1.29 is 14.6 Å². The zero-order valence-electron chi connectivity index (χ0n) is 11.8. The number of aliphatic hydroxyl groups is 1. The Morgan fingerprint density at radius 1 is 1.40 bits per heavy atom. The molecular formula is C15H21NO4. The maximum Gasteiger partial charge on any atom is 0.343 e. The Balaban J connectivity index is 2.39. The summed E-state index contributed by atoms with van der Waals surface area (Å²) in [7, 11) is 0. The molecule has 0 atom stereocenters. The van der Waals surface area contributed by atoms with Crippen molar-refractivity contribution >= 4 is 5.97 Å². The lowest BCUT2D eigenvalue weighted by Gasteiger charge is -2.38. The molecule has 2 rings (SSSR count). The predicted octanol–water partition coefficient (Wildman–Crippen LogP) is 1.68. The molecule has 0 spiro atoms. The van der Waals surface area contributed by atoms with Gasteiger partial charge in [-0.2, -0.15) is 0 Å². The van der Waals surface area contributed by atoms with Crippen LogP contribution < -0.4 is 5.43 Å². The van der Waals surface area contributed by atoms with E-state index in [9.17, 15) is 14.7 Å². The van der Waals surface area contributed by atoms with Gasteiger partial charge in [0, 0.05) is 18.5 Å². The molecule has 1 aliphatic rings. The number of aromatic nitrogens is 1. The lowest BCUT2D eigenvalue weighted by atomic mass is 9.82. The maximum atomic E-state index is 11.8. The van der Waals surface area contributed by atoms with Crippen LogP contribution in [0.15, 0.2) is 23.3 Å². The highest BCUT2D eigenvalue weighted by Crippen LogP contribution is 2.34. The van der Waals surface area contributed by atoms with Crippen LogP contribution in [0.2, 0.25) is 0 Å². The van der Waals surface area contributed by atoms with Gasteiger partial charge >= 0.3 is 5.97 Å². The van der Waals surface area contributed by atoms with Crippen molar-refractivity contribution in [2.24, 2.45) is 0 Å². The predicted molar refractivity (Wildman–Crippen MR) is 74.8 cm³/mol. The number of esters is 1. The average molecular weight is 279 g/mol. The van der Waals surface area contributed by atoms with Gasteiger partial charge in [0.1, 0.15) is 5.56 Å². The summed E-state index contributed by atoms with van der Waals surface area (Å²) < 4.78 is 6.72. The van der Waals surface area contributed by atoms with Gasteiger partial charge in [0.05, 0.1) is 18.8 Å². The average Bonchev–Trinajstić information content (AvgIpc) is 2.48. The Morgan fingerprint density at radius 2 is 2.10 bits per heavy atom. The molecule has 0 aromatic carbocycles. The van der Waals surface area contributed by atoms with Crippen LogP contribution in [0.25, 0.3) is 0 Å². The molecule has 5 nitrogen and oxygen atoms in total. The summed E-state index contributed by atoms with van der Waals surface area (Å²) >= 11 is 0. The highest BCUT2D eigenvalue weighted by molar-refractivity contribution is 5.88. The monoisotopic (exact) mass is 279 g/mol. The van der Waals surface area contributed by atoms with Gasteiger partial charge < -0.3 is 14.4 Å². The van der Waals surface area contributed by atoms with Crippen molar-refractivity contribution in [1.29, 1.82) is 0 Å². The molecule has 20 heavy (non-hydrogen) atoms. The Bertz CT molecular complexity index is 529. The highest BCUT2D eigenvalue weighted by Gasteiger charge is 2.33. The van der Waals surface area contributed by atoms with E-state index < -0.39 is 11.5 Å². The number of pyridine rings is 1. The Labute approximate surface area is 118 Å². The van der Waals surface area contributed by atoms with Crippen molar-refractivity contribution in [1.82, 2.24) is 4.57 Å². The molecule has 110 valence electrons. The summed E-state index contributed by atoms with van der Waals surface area (Å²) in [4.78, 5) is 23.6. The van der Waals surface area contributed by atoms with Gasteiger partial charge in [0.15, 0.2) is 5.43 Å². The third kappa shape index (κ3) is 2.77. The molecule has 0 radical (unpaired) electrons. The van der Waals surface area contributed by atoms with Crippen LogP contribution in [0.3, 0.4) is 0 Å². The van der Waals surface area contributed by atoms with E-state index in [-0.39, 0.29) is 24.2 Å². The van der Waals surface area contributed by atoms with Crippen molar-refractivity contribution in [2.45, 2.75) is 44.6 Å². The molecule has 0 saturated heterocycles. The molecule has 1 saturated carbocycles. The van der Waals surface area contributed by atoms with Gasteiger partial charge in [-0.25, -0.2) is 4.79 Å². The second-order valence-electron chi connectivity index (χ2n) is 5.29. The lowest BCUT2D eigenvalue weighted by molar-refractivity contribution is 0.0518. The third-order valence-electron chi connectivity index (χ3n) is 4.04. The number of hydrogen-bond acceptors (Lipinski definition) is 4. The second kappa shape index (κ2) is 6.22. The SMILES string of the molecule is CCOC(=O)c1cn(C2(CO)CCCCC2)ccc1=O. The first-order chi connectivity index (χ1) is 9.63. The van der Waals surface area contributed by atoms with Crippen LogP contribution in [-0.2, 0) is 10.3 Å². The minimum absolute atomic E-state index is 0.0120. The quantitative estimate of drug-likeness (QED) is 0.851. The highest BCUT2D eigenvalue weighted by atomic mass is 16.5. The van der Waals surface area contributed by atoms with E-state index >= 15 is 0 Å². The van der Waals surface area contributed by atoms with Crippen LogP contribution in [0, 0.1) is 0 Å². The molecule has 1 heterocycles. The van der Waals surface area contributed by atoms with E-state index in [0.29, 0.717) is 0 Å². The van der Waals surface area contributed by atoms with E-state index in [1.54, 1.807) is 13.1 Å². The summed E-state index contributed by atoms with van der Waals surface area (Å²) in [6, 6.07) is 1.37. The molecule has 5 heteroatoms. The Morgan fingerprint density at radius 3 is 2.70 bits per heavy atom. The van der Waals surface area contributed by atoms with Gasteiger partial charge in [0.2, 0.25) is 0 Å². The molecule has 0 aliphatic heterocycles. The number of carbonyl (C=O) groups excluding carboxylic acids is 1. The lowest BCUT2D eigenvalue weighted by Crippen LogP contribution is -2.40. The van der Waals surface area contributed by atoms with Gasteiger partial charge in [-0.3, -0.25) is 4.79 Å². The fourth-order valence-corrected chi connectivity index (χ4v) is 2.85. The first kappa shape index (κ1) is 14.8. The number of ether oxygens (including phenoxy) is 1. The molecule has 1 aromatic heterocycles. The van der Waals surface area contributed by atoms with Crippen LogP contribution in [0.5, 0.6) is 0 Å². The number of carbonyl (C=O) groups is 1. The topological polar surface area (TPSA) is 68.5 Å². The van der Waals surface area contributed by atoms with Crippen molar-refractivity contribution in [3.8, 4) is 0 Å². The van der Waals surface area contributed by atoms with E-state index in [4.69, 9.17) is 4.74 Å². The number of hydrogen-bond donors (Lipinski definition) is 1. The largest absolute Gasteiger partial charge is 0.462 e. The summed E-state index contributed by atoms with van der Waals surface area (Å²) in [5, 5.41) is 9.78. The fraction of sp³-hybridized carbons (Fsp3) is 0.600.